The van der Waals surface area contributed by atoms with E-state index in [0.717, 1.165) is 3.94 Å². The molecule has 1 unspecified atom stereocenters. The van der Waals surface area contributed by atoms with Gasteiger partial charge in [0.25, 0.3) is 0 Å². The second-order valence-corrected chi connectivity index (χ2v) is 1.95. The standard InChI is InChI=1S/C3H4Cl2NO/c1-3(2-7)6(4)5/h3H,1H3. The minimum atomic E-state index is -0.539. The Balaban J connectivity index is 3.33. The summed E-state index contributed by atoms with van der Waals surface area (Å²) in [6.45, 7) is 1.53. The van der Waals surface area contributed by atoms with Gasteiger partial charge in [0.15, 0.2) is 0 Å². The maximum absolute atomic E-state index is 9.61. The van der Waals surface area contributed by atoms with Crippen molar-refractivity contribution >= 4 is 29.8 Å². The lowest BCUT2D eigenvalue weighted by molar-refractivity contribution is 0.518. The fourth-order valence-electron chi connectivity index (χ4n) is 0.0398. The first-order valence-corrected chi connectivity index (χ1v) is 2.34. The number of rotatable bonds is 2. The smallest absolute Gasteiger partial charge is 0.219 e. The maximum Gasteiger partial charge on any atom is 0.219 e. The highest BCUT2D eigenvalue weighted by Gasteiger charge is 2.05. The lowest BCUT2D eigenvalue weighted by Gasteiger charge is -2.02. The van der Waals surface area contributed by atoms with Crippen LogP contribution in [0.5, 0.6) is 0 Å². The molecular formula is C3H4Cl2NO. The molecular weight excluding hydrogens is 137 g/mol. The van der Waals surface area contributed by atoms with E-state index in [0.29, 0.717) is 0 Å². The molecule has 0 aromatic rings. The molecule has 0 bridgehead atoms. The average molecular weight is 141 g/mol. The van der Waals surface area contributed by atoms with Gasteiger partial charge in [0.2, 0.25) is 6.29 Å². The average Bonchev–Trinajstić information content (AvgIpc) is 1.65. The van der Waals surface area contributed by atoms with Crippen molar-refractivity contribution < 1.29 is 4.79 Å². The fourth-order valence-corrected chi connectivity index (χ4v) is 0.120. The zero-order chi connectivity index (χ0) is 5.86. The van der Waals surface area contributed by atoms with Crippen molar-refractivity contribution in [2.75, 3.05) is 0 Å². The molecule has 0 aliphatic rings. The van der Waals surface area contributed by atoms with E-state index in [1.807, 2.05) is 0 Å². The fraction of sp³-hybridized carbons (Fsp3) is 0.667. The van der Waals surface area contributed by atoms with E-state index in [4.69, 9.17) is 23.6 Å². The summed E-state index contributed by atoms with van der Waals surface area (Å²) >= 11 is 10.1. The predicted molar refractivity (Wildman–Crippen MR) is 28.7 cm³/mol. The van der Waals surface area contributed by atoms with Crippen molar-refractivity contribution in [3.8, 4) is 0 Å². The first kappa shape index (κ1) is 7.21. The van der Waals surface area contributed by atoms with E-state index in [2.05, 4.69) is 0 Å². The highest BCUT2D eigenvalue weighted by atomic mass is 35.5. The van der Waals surface area contributed by atoms with Crippen LogP contribution in [-0.4, -0.2) is 16.3 Å². The molecule has 0 aliphatic carbocycles. The Hall–Kier alpha value is 0.210. The van der Waals surface area contributed by atoms with E-state index in [-0.39, 0.29) is 0 Å². The Morgan fingerprint density at radius 2 is 2.14 bits per heavy atom. The van der Waals surface area contributed by atoms with Crippen molar-refractivity contribution in [1.82, 2.24) is 3.94 Å². The number of nitrogens with zero attached hydrogens (tertiary/aromatic N) is 1. The number of hydrogen-bond donors (Lipinski definition) is 0. The van der Waals surface area contributed by atoms with Crippen LogP contribution < -0.4 is 0 Å². The van der Waals surface area contributed by atoms with Gasteiger partial charge in [-0.15, -0.1) is 3.94 Å². The third kappa shape index (κ3) is 2.85. The van der Waals surface area contributed by atoms with Gasteiger partial charge in [-0.1, -0.05) is 0 Å². The van der Waals surface area contributed by atoms with Crippen LogP contribution in [0.1, 0.15) is 6.92 Å². The van der Waals surface area contributed by atoms with Crippen molar-refractivity contribution in [2.24, 2.45) is 0 Å². The van der Waals surface area contributed by atoms with E-state index in [1.165, 1.54) is 6.92 Å². The quantitative estimate of drug-likeness (QED) is 0.536. The van der Waals surface area contributed by atoms with Gasteiger partial charge in [0.1, 0.15) is 6.04 Å². The van der Waals surface area contributed by atoms with Crippen LogP contribution in [0, 0.1) is 0 Å². The summed E-state index contributed by atoms with van der Waals surface area (Å²) in [6.07, 6.45) is 1.58. The molecule has 0 aromatic heterocycles. The normalized spacial score (nSPS) is 14.3. The molecule has 4 heteroatoms. The second-order valence-electron chi connectivity index (χ2n) is 1.05. The Labute approximate surface area is 52.2 Å². The third-order valence-electron chi connectivity index (χ3n) is 0.463. The molecule has 2 nitrogen and oxygen atoms in total. The minimum absolute atomic E-state index is 0.539. The van der Waals surface area contributed by atoms with E-state index in [1.54, 1.807) is 6.29 Å². The van der Waals surface area contributed by atoms with Gasteiger partial charge < -0.3 is 0 Å². The lowest BCUT2D eigenvalue weighted by Crippen LogP contribution is -2.15. The third-order valence-corrected chi connectivity index (χ3v) is 1.05. The maximum atomic E-state index is 9.61. The summed E-state index contributed by atoms with van der Waals surface area (Å²) in [5.41, 5.74) is 0. The molecule has 0 saturated carbocycles. The van der Waals surface area contributed by atoms with Gasteiger partial charge in [0.05, 0.1) is 0 Å². The van der Waals surface area contributed by atoms with E-state index < -0.39 is 6.04 Å². The largest absolute Gasteiger partial charge is 0.289 e. The second kappa shape index (κ2) is 3.24. The first-order chi connectivity index (χ1) is 3.18. The van der Waals surface area contributed by atoms with Crippen LogP contribution in [-0.2, 0) is 4.79 Å². The van der Waals surface area contributed by atoms with Gasteiger partial charge in [-0.3, -0.25) is 4.79 Å². The van der Waals surface area contributed by atoms with Crippen LogP contribution in [0.3, 0.4) is 0 Å². The molecule has 0 aliphatic heterocycles. The van der Waals surface area contributed by atoms with Crippen LogP contribution >= 0.6 is 23.6 Å². The van der Waals surface area contributed by atoms with Crippen molar-refractivity contribution in [2.45, 2.75) is 13.0 Å². The van der Waals surface area contributed by atoms with Crippen LogP contribution in [0.2, 0.25) is 0 Å². The SMILES string of the molecule is CC([C]=O)N(Cl)Cl. The molecule has 0 heterocycles. The van der Waals surface area contributed by atoms with Crippen LogP contribution in [0.15, 0.2) is 0 Å². The lowest BCUT2D eigenvalue weighted by atomic mass is 10.4. The summed E-state index contributed by atoms with van der Waals surface area (Å²) in [6, 6.07) is -0.539. The molecule has 0 saturated heterocycles. The molecule has 0 rings (SSSR count). The van der Waals surface area contributed by atoms with Crippen molar-refractivity contribution in [3.05, 3.63) is 0 Å². The summed E-state index contributed by atoms with van der Waals surface area (Å²) < 4.78 is 0.743. The molecule has 0 amide bonds. The molecule has 0 aromatic carbocycles. The highest BCUT2D eigenvalue weighted by molar-refractivity contribution is 6.34. The van der Waals surface area contributed by atoms with Crippen LogP contribution in [0.4, 0.5) is 0 Å². The molecule has 0 spiro atoms. The van der Waals surface area contributed by atoms with Crippen molar-refractivity contribution in [3.63, 3.8) is 0 Å². The predicted octanol–water partition coefficient (Wildman–Crippen LogP) is 1.09. The molecule has 0 N–H and O–H groups in total. The van der Waals surface area contributed by atoms with Gasteiger partial charge in [0, 0.05) is 0 Å². The summed E-state index contributed by atoms with van der Waals surface area (Å²) in [5.74, 6) is 0. The molecule has 41 valence electrons. The summed E-state index contributed by atoms with van der Waals surface area (Å²) in [4.78, 5) is 9.61. The zero-order valence-corrected chi connectivity index (χ0v) is 5.20. The molecule has 0 fully saturated rings. The monoisotopic (exact) mass is 140 g/mol. The number of carbonyl (C=O) groups excluding carboxylic acids is 1. The number of hydrogen-bond acceptors (Lipinski definition) is 2. The zero-order valence-electron chi connectivity index (χ0n) is 3.69. The Bertz CT molecular complexity index is 66.0. The van der Waals surface area contributed by atoms with Crippen LogP contribution in [0.25, 0.3) is 0 Å². The Morgan fingerprint density at radius 3 is 2.14 bits per heavy atom. The van der Waals surface area contributed by atoms with Gasteiger partial charge in [-0.2, -0.15) is 0 Å². The highest BCUT2D eigenvalue weighted by Crippen LogP contribution is 2.02. The molecule has 7 heavy (non-hydrogen) atoms. The van der Waals surface area contributed by atoms with E-state index in [9.17, 15) is 4.79 Å². The minimum Gasteiger partial charge on any atom is -0.289 e. The Kier molecular flexibility index (Phi) is 3.34. The topological polar surface area (TPSA) is 20.3 Å². The number of halogens is 2. The van der Waals surface area contributed by atoms with Gasteiger partial charge in [-0.25, -0.2) is 0 Å². The first-order valence-electron chi connectivity index (χ1n) is 1.67. The molecule has 1 radical (unpaired) electrons. The van der Waals surface area contributed by atoms with Crippen molar-refractivity contribution in [1.29, 1.82) is 0 Å². The summed E-state index contributed by atoms with van der Waals surface area (Å²) in [5, 5.41) is 0. The van der Waals surface area contributed by atoms with Gasteiger partial charge in [-0.05, 0) is 30.5 Å². The van der Waals surface area contributed by atoms with E-state index >= 15 is 0 Å². The Morgan fingerprint density at radius 1 is 1.71 bits per heavy atom. The summed E-state index contributed by atoms with van der Waals surface area (Å²) in [7, 11) is 0. The molecule has 1 atom stereocenters. The van der Waals surface area contributed by atoms with Gasteiger partial charge >= 0.3 is 0 Å².